The molecule has 0 unspecified atom stereocenters. The van der Waals surface area contributed by atoms with Crippen molar-refractivity contribution >= 4 is 21.6 Å². The first-order valence-electron chi connectivity index (χ1n) is 8.77. The molecule has 2 aromatic rings. The molecule has 0 radical (unpaired) electrons. The number of rotatable bonds is 8. The number of halogens is 1. The van der Waals surface area contributed by atoms with E-state index in [4.69, 9.17) is 0 Å². The highest BCUT2D eigenvalue weighted by Gasteiger charge is 2.20. The number of anilines is 1. The average molecular weight is 392 g/mol. The number of para-hydroxylation sites is 1. The van der Waals surface area contributed by atoms with E-state index in [1.54, 1.807) is 6.07 Å². The maximum atomic E-state index is 14.0. The van der Waals surface area contributed by atoms with E-state index in [1.165, 1.54) is 18.2 Å². The Morgan fingerprint density at radius 2 is 1.78 bits per heavy atom. The lowest BCUT2D eigenvalue weighted by Crippen LogP contribution is -2.33. The minimum absolute atomic E-state index is 0.00585. The molecule has 0 aliphatic rings. The van der Waals surface area contributed by atoms with Gasteiger partial charge in [-0.2, -0.15) is 0 Å². The number of sulfonamides is 1. The predicted octanol–water partition coefficient (Wildman–Crippen LogP) is 3.56. The molecule has 0 bridgehead atoms. The van der Waals surface area contributed by atoms with Crippen LogP contribution in [0.15, 0.2) is 48.5 Å². The molecule has 0 aliphatic carbocycles. The van der Waals surface area contributed by atoms with Crippen molar-refractivity contribution in [1.82, 2.24) is 5.32 Å². The van der Waals surface area contributed by atoms with Crippen molar-refractivity contribution in [3.8, 4) is 0 Å². The summed E-state index contributed by atoms with van der Waals surface area (Å²) in [6.45, 7) is 3.92. The fourth-order valence-corrected chi connectivity index (χ4v) is 3.93. The number of amides is 1. The van der Waals surface area contributed by atoms with E-state index < -0.39 is 15.8 Å². The van der Waals surface area contributed by atoms with Crippen molar-refractivity contribution in [2.75, 3.05) is 17.1 Å². The third-order valence-corrected chi connectivity index (χ3v) is 5.50. The molecule has 0 aliphatic heterocycles. The highest BCUT2D eigenvalue weighted by molar-refractivity contribution is 7.92. The topological polar surface area (TPSA) is 66.5 Å². The third kappa shape index (κ3) is 5.79. The lowest BCUT2D eigenvalue weighted by Gasteiger charge is -2.23. The molecule has 27 heavy (non-hydrogen) atoms. The number of hydrogen-bond donors (Lipinski definition) is 1. The van der Waals surface area contributed by atoms with Crippen molar-refractivity contribution in [2.45, 2.75) is 32.7 Å². The van der Waals surface area contributed by atoms with Crippen LogP contribution in [0.4, 0.5) is 10.1 Å². The molecule has 146 valence electrons. The molecule has 2 aromatic carbocycles. The molecule has 0 fully saturated rings. The van der Waals surface area contributed by atoms with Gasteiger partial charge in [0.1, 0.15) is 5.82 Å². The van der Waals surface area contributed by atoms with Crippen molar-refractivity contribution in [3.63, 3.8) is 0 Å². The Bertz CT molecular complexity index is 900. The first-order valence-corrected chi connectivity index (χ1v) is 10.6. The summed E-state index contributed by atoms with van der Waals surface area (Å²) < 4.78 is 39.0. The van der Waals surface area contributed by atoms with Crippen LogP contribution in [0.1, 0.15) is 36.9 Å². The lowest BCUT2D eigenvalue weighted by atomic mass is 10.0. The van der Waals surface area contributed by atoms with Gasteiger partial charge in [0.2, 0.25) is 15.9 Å². The van der Waals surface area contributed by atoms with Gasteiger partial charge in [-0.05, 0) is 43.5 Å². The molecular formula is C20H25FN2O3S. The van der Waals surface area contributed by atoms with Gasteiger partial charge < -0.3 is 5.32 Å². The maximum absolute atomic E-state index is 14.0. The van der Waals surface area contributed by atoms with Crippen LogP contribution in [0.25, 0.3) is 0 Å². The average Bonchev–Trinajstić information content (AvgIpc) is 2.59. The van der Waals surface area contributed by atoms with E-state index in [2.05, 4.69) is 5.32 Å². The second-order valence-corrected chi connectivity index (χ2v) is 8.44. The van der Waals surface area contributed by atoms with E-state index >= 15 is 0 Å². The second kappa shape index (κ2) is 8.99. The summed E-state index contributed by atoms with van der Waals surface area (Å²) in [5.41, 5.74) is 2.12. The largest absolute Gasteiger partial charge is 0.350 e. The van der Waals surface area contributed by atoms with Gasteiger partial charge in [0, 0.05) is 13.0 Å². The molecule has 0 spiro atoms. The Balaban J connectivity index is 1.96. The Kier molecular flexibility index (Phi) is 6.96. The molecule has 2 rings (SSSR count). The van der Waals surface area contributed by atoms with Crippen molar-refractivity contribution in [1.29, 1.82) is 0 Å². The Labute approximate surface area is 160 Å². The van der Waals surface area contributed by atoms with Crippen LogP contribution in [-0.2, 0) is 14.8 Å². The Morgan fingerprint density at radius 3 is 2.41 bits per heavy atom. The van der Waals surface area contributed by atoms with E-state index in [0.717, 1.165) is 21.7 Å². The molecular weight excluding hydrogens is 367 g/mol. The van der Waals surface area contributed by atoms with Gasteiger partial charge in [-0.3, -0.25) is 9.10 Å². The Morgan fingerprint density at radius 1 is 1.15 bits per heavy atom. The molecule has 1 atom stereocenters. The summed E-state index contributed by atoms with van der Waals surface area (Å²) in [5, 5.41) is 2.92. The van der Waals surface area contributed by atoms with Gasteiger partial charge in [0.25, 0.3) is 0 Å². The highest BCUT2D eigenvalue weighted by Crippen LogP contribution is 2.22. The van der Waals surface area contributed by atoms with E-state index in [-0.39, 0.29) is 37.0 Å². The molecule has 1 amide bonds. The zero-order valence-corrected chi connectivity index (χ0v) is 16.6. The van der Waals surface area contributed by atoms with Crippen LogP contribution in [0, 0.1) is 12.7 Å². The van der Waals surface area contributed by atoms with Crippen LogP contribution in [-0.4, -0.2) is 27.1 Å². The first kappa shape index (κ1) is 20.9. The summed E-state index contributed by atoms with van der Waals surface area (Å²) in [6.07, 6.45) is 1.46. The summed E-state index contributed by atoms with van der Waals surface area (Å²) >= 11 is 0. The zero-order valence-electron chi connectivity index (χ0n) is 15.8. The normalized spacial score (nSPS) is 12.4. The van der Waals surface area contributed by atoms with Gasteiger partial charge in [-0.25, -0.2) is 12.8 Å². The SMILES string of the molecule is Cc1ccccc1[C@H](C)NC(=O)CCCN(c1ccccc1F)S(C)(=O)=O. The highest BCUT2D eigenvalue weighted by atomic mass is 32.2. The number of benzene rings is 2. The van der Waals surface area contributed by atoms with Crippen LogP contribution < -0.4 is 9.62 Å². The van der Waals surface area contributed by atoms with Crippen molar-refractivity contribution in [2.24, 2.45) is 0 Å². The monoisotopic (exact) mass is 392 g/mol. The molecule has 0 heterocycles. The number of carbonyl (C=O) groups is 1. The number of nitrogens with zero attached hydrogens (tertiary/aromatic N) is 1. The quantitative estimate of drug-likeness (QED) is 0.747. The molecule has 5 nitrogen and oxygen atoms in total. The van der Waals surface area contributed by atoms with Crippen molar-refractivity contribution < 1.29 is 17.6 Å². The smallest absolute Gasteiger partial charge is 0.232 e. The number of carbonyl (C=O) groups excluding carboxylic acids is 1. The summed E-state index contributed by atoms with van der Waals surface area (Å²) in [5.74, 6) is -0.784. The van der Waals surface area contributed by atoms with Gasteiger partial charge in [0.05, 0.1) is 18.0 Å². The minimum atomic E-state index is -3.65. The van der Waals surface area contributed by atoms with E-state index in [9.17, 15) is 17.6 Å². The number of aryl methyl sites for hydroxylation is 1. The van der Waals surface area contributed by atoms with E-state index in [0.29, 0.717) is 0 Å². The predicted molar refractivity (Wildman–Crippen MR) is 106 cm³/mol. The number of nitrogens with one attached hydrogen (secondary N) is 1. The minimum Gasteiger partial charge on any atom is -0.350 e. The van der Waals surface area contributed by atoms with Crippen LogP contribution >= 0.6 is 0 Å². The molecule has 0 aromatic heterocycles. The second-order valence-electron chi connectivity index (χ2n) is 6.54. The van der Waals surface area contributed by atoms with Crippen LogP contribution in [0.5, 0.6) is 0 Å². The first-order chi connectivity index (χ1) is 12.7. The summed E-state index contributed by atoms with van der Waals surface area (Å²) in [4.78, 5) is 12.2. The molecule has 0 saturated carbocycles. The molecule has 1 N–H and O–H groups in total. The van der Waals surface area contributed by atoms with Gasteiger partial charge in [-0.1, -0.05) is 36.4 Å². The fourth-order valence-electron chi connectivity index (χ4n) is 2.97. The molecule has 7 heteroatoms. The standard InChI is InChI=1S/C20H25FN2O3S/c1-15-9-4-5-10-17(15)16(2)22-20(24)13-8-14-23(27(3,25)26)19-12-7-6-11-18(19)21/h4-7,9-12,16H,8,13-14H2,1-3H3,(H,22,24)/t16-/m0/s1. The van der Waals surface area contributed by atoms with Gasteiger partial charge in [-0.15, -0.1) is 0 Å². The van der Waals surface area contributed by atoms with Gasteiger partial charge >= 0.3 is 0 Å². The van der Waals surface area contributed by atoms with E-state index in [1.807, 2.05) is 38.1 Å². The fraction of sp³-hybridized carbons (Fsp3) is 0.350. The van der Waals surface area contributed by atoms with Crippen molar-refractivity contribution in [3.05, 3.63) is 65.5 Å². The zero-order chi connectivity index (χ0) is 20.0. The maximum Gasteiger partial charge on any atom is 0.232 e. The van der Waals surface area contributed by atoms with Crippen LogP contribution in [0.3, 0.4) is 0 Å². The lowest BCUT2D eigenvalue weighted by molar-refractivity contribution is -0.121. The van der Waals surface area contributed by atoms with Crippen LogP contribution in [0.2, 0.25) is 0 Å². The number of hydrogen-bond acceptors (Lipinski definition) is 3. The summed E-state index contributed by atoms with van der Waals surface area (Å²) in [7, 11) is -3.65. The third-order valence-electron chi connectivity index (χ3n) is 4.32. The summed E-state index contributed by atoms with van der Waals surface area (Å²) in [6, 6.07) is 13.4. The van der Waals surface area contributed by atoms with Gasteiger partial charge in [0.15, 0.2) is 0 Å². The molecule has 0 saturated heterocycles. The Hall–Kier alpha value is -2.41.